The zero-order chi connectivity index (χ0) is 13.8. The Morgan fingerprint density at radius 3 is 2.47 bits per heavy atom. The molecule has 0 amide bonds. The highest BCUT2D eigenvalue weighted by molar-refractivity contribution is 6.18. The van der Waals surface area contributed by atoms with E-state index in [1.807, 2.05) is 13.0 Å². The molecule has 2 rings (SSSR count). The van der Waals surface area contributed by atoms with Crippen LogP contribution in [0.25, 0.3) is 0 Å². The van der Waals surface area contributed by atoms with Crippen LogP contribution >= 0.6 is 11.6 Å². The molecule has 0 N–H and O–H groups in total. The lowest BCUT2D eigenvalue weighted by Gasteiger charge is -2.16. The monoisotopic (exact) mass is 280 g/mol. The van der Waals surface area contributed by atoms with Gasteiger partial charge in [-0.25, -0.2) is 8.78 Å². The number of hydrogen-bond donors (Lipinski definition) is 0. The van der Waals surface area contributed by atoms with Crippen molar-refractivity contribution in [3.63, 3.8) is 0 Å². The van der Waals surface area contributed by atoms with Crippen molar-refractivity contribution < 1.29 is 8.78 Å². The summed E-state index contributed by atoms with van der Waals surface area (Å²) in [5, 5.41) is 0. The quantitative estimate of drug-likeness (QED) is 0.703. The minimum atomic E-state index is -0.274. The molecule has 0 bridgehead atoms. The summed E-state index contributed by atoms with van der Waals surface area (Å²) in [7, 11) is 0. The lowest BCUT2D eigenvalue weighted by Crippen LogP contribution is -2.06. The van der Waals surface area contributed by atoms with E-state index in [0.717, 1.165) is 16.7 Å². The number of hydrogen-bond acceptors (Lipinski definition) is 0. The van der Waals surface area contributed by atoms with E-state index in [0.29, 0.717) is 12.3 Å². The van der Waals surface area contributed by atoms with E-state index in [-0.39, 0.29) is 17.6 Å². The standard InChI is InChI=1S/C16H15ClF2/c1-11-5-6-16(19)9-13(11)7-14(10-17)12-3-2-4-15(18)8-12/h2-6,8-9,14H,7,10H2,1H3. The first-order valence-electron chi connectivity index (χ1n) is 6.16. The van der Waals surface area contributed by atoms with Crippen molar-refractivity contribution in [2.75, 3.05) is 5.88 Å². The van der Waals surface area contributed by atoms with E-state index >= 15 is 0 Å². The van der Waals surface area contributed by atoms with Crippen molar-refractivity contribution in [3.8, 4) is 0 Å². The van der Waals surface area contributed by atoms with Crippen LogP contribution in [0.15, 0.2) is 42.5 Å². The zero-order valence-corrected chi connectivity index (χ0v) is 11.4. The van der Waals surface area contributed by atoms with Crippen molar-refractivity contribution in [3.05, 3.63) is 70.8 Å². The molecule has 0 heterocycles. The van der Waals surface area contributed by atoms with Crippen LogP contribution in [-0.2, 0) is 6.42 Å². The molecule has 2 aromatic rings. The molecule has 0 aliphatic rings. The van der Waals surface area contributed by atoms with E-state index in [1.165, 1.54) is 24.3 Å². The Morgan fingerprint density at radius 2 is 1.79 bits per heavy atom. The number of aryl methyl sites for hydroxylation is 1. The summed E-state index contributed by atoms with van der Waals surface area (Å²) in [5.41, 5.74) is 2.78. The highest BCUT2D eigenvalue weighted by Gasteiger charge is 2.13. The molecule has 1 atom stereocenters. The number of rotatable bonds is 4. The Hall–Kier alpha value is -1.41. The average molecular weight is 281 g/mol. The van der Waals surface area contributed by atoms with Crippen LogP contribution < -0.4 is 0 Å². The predicted molar refractivity (Wildman–Crippen MR) is 74.7 cm³/mol. The van der Waals surface area contributed by atoms with Crippen LogP contribution in [0.1, 0.15) is 22.6 Å². The van der Waals surface area contributed by atoms with Gasteiger partial charge in [0.25, 0.3) is 0 Å². The summed E-state index contributed by atoms with van der Waals surface area (Å²) in [6.07, 6.45) is 0.608. The van der Waals surface area contributed by atoms with Crippen LogP contribution in [-0.4, -0.2) is 5.88 Å². The van der Waals surface area contributed by atoms with E-state index in [2.05, 4.69) is 0 Å². The van der Waals surface area contributed by atoms with Gasteiger partial charge >= 0.3 is 0 Å². The molecule has 0 aromatic heterocycles. The maximum Gasteiger partial charge on any atom is 0.123 e. The highest BCUT2D eigenvalue weighted by atomic mass is 35.5. The average Bonchev–Trinajstić information content (AvgIpc) is 2.39. The van der Waals surface area contributed by atoms with Gasteiger partial charge in [0.15, 0.2) is 0 Å². The molecule has 0 aliphatic carbocycles. The van der Waals surface area contributed by atoms with Gasteiger partial charge in [0, 0.05) is 11.8 Å². The second-order valence-corrected chi connectivity index (χ2v) is 4.99. The minimum Gasteiger partial charge on any atom is -0.207 e. The first-order chi connectivity index (χ1) is 9.10. The molecule has 0 radical (unpaired) electrons. The molecule has 0 fully saturated rings. The van der Waals surface area contributed by atoms with Crippen molar-refractivity contribution in [2.24, 2.45) is 0 Å². The maximum atomic E-state index is 13.3. The topological polar surface area (TPSA) is 0 Å². The summed E-state index contributed by atoms with van der Waals surface area (Å²) >= 11 is 5.98. The van der Waals surface area contributed by atoms with Crippen LogP contribution in [0.4, 0.5) is 8.78 Å². The molecule has 100 valence electrons. The number of halogens is 3. The van der Waals surface area contributed by atoms with E-state index in [1.54, 1.807) is 12.1 Å². The fraction of sp³-hybridized carbons (Fsp3) is 0.250. The molecule has 0 aliphatic heterocycles. The van der Waals surface area contributed by atoms with Gasteiger partial charge in [-0.15, -0.1) is 11.6 Å². The molecule has 0 spiro atoms. The van der Waals surface area contributed by atoms with Crippen molar-refractivity contribution >= 4 is 11.6 Å². The summed E-state index contributed by atoms with van der Waals surface area (Å²) in [5.74, 6) is -0.172. The highest BCUT2D eigenvalue weighted by Crippen LogP contribution is 2.25. The molecule has 2 aromatic carbocycles. The SMILES string of the molecule is Cc1ccc(F)cc1CC(CCl)c1cccc(F)c1. The lowest BCUT2D eigenvalue weighted by molar-refractivity contribution is 0.616. The maximum absolute atomic E-state index is 13.3. The minimum absolute atomic E-state index is 0.0159. The Morgan fingerprint density at radius 1 is 1.05 bits per heavy atom. The summed E-state index contributed by atoms with van der Waals surface area (Å²) in [6.45, 7) is 1.94. The molecule has 19 heavy (non-hydrogen) atoms. The predicted octanol–water partition coefficient (Wildman–Crippen LogP) is 4.84. The van der Waals surface area contributed by atoms with Crippen molar-refractivity contribution in [2.45, 2.75) is 19.3 Å². The first-order valence-corrected chi connectivity index (χ1v) is 6.70. The van der Waals surface area contributed by atoms with Gasteiger partial charge in [0.05, 0.1) is 0 Å². The second kappa shape index (κ2) is 6.16. The van der Waals surface area contributed by atoms with Crippen LogP contribution in [0.2, 0.25) is 0 Å². The third-order valence-corrected chi connectivity index (χ3v) is 3.66. The van der Waals surface area contributed by atoms with Crippen molar-refractivity contribution in [1.29, 1.82) is 0 Å². The summed E-state index contributed by atoms with van der Waals surface area (Å²) in [4.78, 5) is 0. The van der Waals surface area contributed by atoms with Gasteiger partial charge in [0.2, 0.25) is 0 Å². The van der Waals surface area contributed by atoms with Gasteiger partial charge in [-0.3, -0.25) is 0 Å². The summed E-state index contributed by atoms with van der Waals surface area (Å²) < 4.78 is 26.5. The third kappa shape index (κ3) is 3.54. The molecule has 0 saturated carbocycles. The van der Waals surface area contributed by atoms with Gasteiger partial charge < -0.3 is 0 Å². The van der Waals surface area contributed by atoms with Gasteiger partial charge in [-0.05, 0) is 54.3 Å². The molecule has 0 nitrogen and oxygen atoms in total. The van der Waals surface area contributed by atoms with Gasteiger partial charge in [0.1, 0.15) is 11.6 Å². The van der Waals surface area contributed by atoms with Crippen LogP contribution in [0.5, 0.6) is 0 Å². The smallest absolute Gasteiger partial charge is 0.123 e. The van der Waals surface area contributed by atoms with Crippen LogP contribution in [0, 0.1) is 18.6 Å². The molecule has 1 unspecified atom stereocenters. The Kier molecular flexibility index (Phi) is 4.54. The van der Waals surface area contributed by atoms with Gasteiger partial charge in [-0.1, -0.05) is 18.2 Å². The van der Waals surface area contributed by atoms with Crippen LogP contribution in [0.3, 0.4) is 0 Å². The Balaban J connectivity index is 2.26. The van der Waals surface area contributed by atoms with E-state index in [9.17, 15) is 8.78 Å². The molecule has 0 saturated heterocycles. The Bertz CT molecular complexity index is 566. The number of alkyl halides is 1. The van der Waals surface area contributed by atoms with Gasteiger partial charge in [-0.2, -0.15) is 0 Å². The van der Waals surface area contributed by atoms with E-state index in [4.69, 9.17) is 11.6 Å². The summed E-state index contributed by atoms with van der Waals surface area (Å²) in [6, 6.07) is 11.1. The molecular weight excluding hydrogens is 266 g/mol. The third-order valence-electron chi connectivity index (χ3n) is 3.28. The number of benzene rings is 2. The fourth-order valence-corrected chi connectivity index (χ4v) is 2.43. The zero-order valence-electron chi connectivity index (χ0n) is 10.7. The Labute approximate surface area is 117 Å². The second-order valence-electron chi connectivity index (χ2n) is 4.68. The lowest BCUT2D eigenvalue weighted by atomic mass is 9.91. The van der Waals surface area contributed by atoms with Crippen molar-refractivity contribution in [1.82, 2.24) is 0 Å². The molecular formula is C16H15ClF2. The largest absolute Gasteiger partial charge is 0.207 e. The fourth-order valence-electron chi connectivity index (χ4n) is 2.15. The normalized spacial score (nSPS) is 12.4. The molecule has 3 heteroatoms. The van der Waals surface area contributed by atoms with E-state index < -0.39 is 0 Å². The first kappa shape index (κ1) is 14.0.